The highest BCUT2D eigenvalue weighted by Crippen LogP contribution is 2.26. The molecule has 1 unspecified atom stereocenters. The number of rotatable bonds is 12. The molecule has 2 aromatic carbocycles. The molecule has 0 heterocycles. The van der Waals surface area contributed by atoms with Gasteiger partial charge >= 0.3 is 5.97 Å². The first-order chi connectivity index (χ1) is 15.0. The van der Waals surface area contributed by atoms with Gasteiger partial charge in [0.2, 0.25) is 0 Å². The van der Waals surface area contributed by atoms with Gasteiger partial charge in [0, 0.05) is 12.3 Å². The Morgan fingerprint density at radius 2 is 1.62 bits per heavy atom. The van der Waals surface area contributed by atoms with Crippen LogP contribution in [0.25, 0.3) is 0 Å². The molecule has 0 radical (unpaired) electrons. The number of aliphatic carboxylic acids is 1. The zero-order valence-corrected chi connectivity index (χ0v) is 19.8. The second-order valence-electron chi connectivity index (χ2n) is 8.66. The number of aryl methyl sites for hydroxylation is 1. The van der Waals surface area contributed by atoms with E-state index in [0.717, 1.165) is 12.0 Å². The Balaban J connectivity index is 1.92. The number of ether oxygens (including phenoxy) is 3. The van der Waals surface area contributed by atoms with Crippen LogP contribution in [0.2, 0.25) is 0 Å². The standard InChI is InChI=1S/C26H34O6/c1-7-19-8-13-23(22(16-19)24(27)17(2)3)31-18(4)14-15-30-20-9-11-21(12-10-20)32-26(5,6)25(28)29/h8-13,16-18H,7,14-15H2,1-6H3,(H,28,29). The van der Waals surface area contributed by atoms with Gasteiger partial charge in [0.25, 0.3) is 0 Å². The fourth-order valence-electron chi connectivity index (χ4n) is 2.96. The normalized spacial score (nSPS) is 12.3. The van der Waals surface area contributed by atoms with Crippen LogP contribution in [0.15, 0.2) is 42.5 Å². The van der Waals surface area contributed by atoms with Crippen LogP contribution in [-0.2, 0) is 11.2 Å². The third-order valence-electron chi connectivity index (χ3n) is 5.08. The molecule has 0 amide bonds. The second kappa shape index (κ2) is 11.0. The van der Waals surface area contributed by atoms with E-state index in [2.05, 4.69) is 6.92 Å². The molecule has 2 rings (SSSR count). The van der Waals surface area contributed by atoms with Gasteiger partial charge in [-0.1, -0.05) is 26.8 Å². The summed E-state index contributed by atoms with van der Waals surface area (Å²) in [4.78, 5) is 23.8. The first-order valence-corrected chi connectivity index (χ1v) is 11.0. The van der Waals surface area contributed by atoms with Crippen molar-refractivity contribution in [2.24, 2.45) is 5.92 Å². The van der Waals surface area contributed by atoms with Gasteiger partial charge in [0.05, 0.1) is 18.3 Å². The maximum atomic E-state index is 12.6. The van der Waals surface area contributed by atoms with Crippen LogP contribution in [-0.4, -0.2) is 35.2 Å². The molecule has 0 saturated carbocycles. The van der Waals surface area contributed by atoms with Crippen molar-refractivity contribution in [3.63, 3.8) is 0 Å². The summed E-state index contributed by atoms with van der Waals surface area (Å²) in [5, 5.41) is 9.15. The lowest BCUT2D eigenvalue weighted by molar-refractivity contribution is -0.152. The van der Waals surface area contributed by atoms with Gasteiger partial charge in [-0.25, -0.2) is 4.79 Å². The Hall–Kier alpha value is -3.02. The van der Waals surface area contributed by atoms with E-state index >= 15 is 0 Å². The zero-order valence-electron chi connectivity index (χ0n) is 19.8. The first kappa shape index (κ1) is 25.2. The van der Waals surface area contributed by atoms with Crippen molar-refractivity contribution in [1.29, 1.82) is 0 Å². The van der Waals surface area contributed by atoms with E-state index in [1.807, 2.05) is 39.0 Å². The van der Waals surface area contributed by atoms with Crippen LogP contribution in [0.5, 0.6) is 17.2 Å². The van der Waals surface area contributed by atoms with E-state index in [-0.39, 0.29) is 17.8 Å². The SMILES string of the molecule is CCc1ccc(OC(C)CCOc2ccc(OC(C)(C)C(=O)O)cc2)c(C(=O)C(C)C)c1. The third-order valence-corrected chi connectivity index (χ3v) is 5.08. The summed E-state index contributed by atoms with van der Waals surface area (Å²) in [7, 11) is 0. The maximum absolute atomic E-state index is 12.6. The highest BCUT2D eigenvalue weighted by molar-refractivity contribution is 6.00. The summed E-state index contributed by atoms with van der Waals surface area (Å²) in [6.07, 6.45) is 1.36. The lowest BCUT2D eigenvalue weighted by Crippen LogP contribution is -2.37. The largest absolute Gasteiger partial charge is 0.493 e. The first-order valence-electron chi connectivity index (χ1n) is 11.0. The number of carboxylic acids is 1. The number of hydrogen-bond donors (Lipinski definition) is 1. The van der Waals surface area contributed by atoms with Gasteiger partial charge in [0.1, 0.15) is 17.2 Å². The summed E-state index contributed by atoms with van der Waals surface area (Å²) in [5.41, 5.74) is 0.434. The molecule has 6 nitrogen and oxygen atoms in total. The number of Topliss-reactive ketones (excluding diaryl/α,β-unsaturated/α-hetero) is 1. The van der Waals surface area contributed by atoms with Crippen LogP contribution >= 0.6 is 0 Å². The minimum absolute atomic E-state index is 0.0761. The van der Waals surface area contributed by atoms with Crippen molar-refractivity contribution in [3.05, 3.63) is 53.6 Å². The summed E-state index contributed by atoms with van der Waals surface area (Å²) < 4.78 is 17.3. The lowest BCUT2D eigenvalue weighted by Gasteiger charge is -2.21. The van der Waals surface area contributed by atoms with Crippen molar-refractivity contribution < 1.29 is 28.9 Å². The van der Waals surface area contributed by atoms with Crippen molar-refractivity contribution in [2.75, 3.05) is 6.61 Å². The van der Waals surface area contributed by atoms with E-state index in [9.17, 15) is 9.59 Å². The van der Waals surface area contributed by atoms with Crippen LogP contribution < -0.4 is 14.2 Å². The lowest BCUT2D eigenvalue weighted by atomic mass is 9.97. The summed E-state index contributed by atoms with van der Waals surface area (Å²) in [5.74, 6) is 0.661. The molecule has 32 heavy (non-hydrogen) atoms. The second-order valence-corrected chi connectivity index (χ2v) is 8.66. The van der Waals surface area contributed by atoms with Crippen molar-refractivity contribution in [3.8, 4) is 17.2 Å². The van der Waals surface area contributed by atoms with Gasteiger partial charge in [-0.2, -0.15) is 0 Å². The molecule has 6 heteroatoms. The zero-order chi connectivity index (χ0) is 23.9. The molecule has 1 N–H and O–H groups in total. The number of carbonyl (C=O) groups is 2. The Morgan fingerprint density at radius 1 is 1.00 bits per heavy atom. The topological polar surface area (TPSA) is 82.1 Å². The number of benzene rings is 2. The Labute approximate surface area is 190 Å². The molecule has 2 aromatic rings. The van der Waals surface area contributed by atoms with Gasteiger partial charge < -0.3 is 19.3 Å². The van der Waals surface area contributed by atoms with E-state index in [4.69, 9.17) is 19.3 Å². The van der Waals surface area contributed by atoms with Gasteiger partial charge in [0.15, 0.2) is 11.4 Å². The van der Waals surface area contributed by atoms with E-state index in [0.29, 0.717) is 35.8 Å². The fourth-order valence-corrected chi connectivity index (χ4v) is 2.96. The molecule has 174 valence electrons. The Bertz CT molecular complexity index is 914. The predicted octanol–water partition coefficient (Wildman–Crippen LogP) is 5.57. The van der Waals surface area contributed by atoms with Crippen LogP contribution in [0.3, 0.4) is 0 Å². The molecular weight excluding hydrogens is 408 g/mol. The van der Waals surface area contributed by atoms with Crippen molar-refractivity contribution in [1.82, 2.24) is 0 Å². The number of hydrogen-bond acceptors (Lipinski definition) is 5. The molecule has 0 fully saturated rings. The highest BCUT2D eigenvalue weighted by atomic mass is 16.5. The molecule has 0 saturated heterocycles. The Kier molecular flexibility index (Phi) is 8.70. The summed E-state index contributed by atoms with van der Waals surface area (Å²) in [6.45, 7) is 11.2. The molecule has 0 spiro atoms. The maximum Gasteiger partial charge on any atom is 0.347 e. The van der Waals surface area contributed by atoms with Crippen molar-refractivity contribution >= 4 is 11.8 Å². The Morgan fingerprint density at radius 3 is 2.19 bits per heavy atom. The van der Waals surface area contributed by atoms with E-state index in [1.54, 1.807) is 24.3 Å². The molecule has 1 atom stereocenters. The number of carbonyl (C=O) groups excluding carboxylic acids is 1. The number of carboxylic acid groups (broad SMARTS) is 1. The smallest absolute Gasteiger partial charge is 0.347 e. The molecule has 0 aliphatic rings. The average Bonchev–Trinajstić information content (AvgIpc) is 2.74. The average molecular weight is 443 g/mol. The minimum Gasteiger partial charge on any atom is -0.493 e. The van der Waals surface area contributed by atoms with Crippen molar-refractivity contribution in [2.45, 2.75) is 66.1 Å². The molecule has 0 aliphatic carbocycles. The van der Waals surface area contributed by atoms with Gasteiger partial charge in [-0.3, -0.25) is 4.79 Å². The van der Waals surface area contributed by atoms with Crippen LogP contribution in [0, 0.1) is 5.92 Å². The molecule has 0 aromatic heterocycles. The fraction of sp³-hybridized carbons (Fsp3) is 0.462. The van der Waals surface area contributed by atoms with Gasteiger partial charge in [-0.05, 0) is 69.2 Å². The van der Waals surface area contributed by atoms with E-state index in [1.165, 1.54) is 13.8 Å². The van der Waals surface area contributed by atoms with E-state index < -0.39 is 11.6 Å². The summed E-state index contributed by atoms with van der Waals surface area (Å²) >= 11 is 0. The summed E-state index contributed by atoms with van der Waals surface area (Å²) in [6, 6.07) is 12.6. The van der Waals surface area contributed by atoms with Gasteiger partial charge in [-0.15, -0.1) is 0 Å². The predicted molar refractivity (Wildman–Crippen MR) is 124 cm³/mol. The monoisotopic (exact) mass is 442 g/mol. The molecule has 0 aliphatic heterocycles. The minimum atomic E-state index is -1.31. The van der Waals surface area contributed by atoms with Crippen LogP contribution in [0.4, 0.5) is 0 Å². The quantitative estimate of drug-likeness (QED) is 0.433. The number of ketones is 1. The third kappa shape index (κ3) is 7.01. The highest BCUT2D eigenvalue weighted by Gasteiger charge is 2.29. The molecular formula is C26H34O6. The van der Waals surface area contributed by atoms with Crippen LogP contribution in [0.1, 0.15) is 63.9 Å². The molecule has 0 bridgehead atoms.